The number of aromatic nitrogens is 2. The molecule has 0 unspecified atom stereocenters. The summed E-state index contributed by atoms with van der Waals surface area (Å²) in [6.45, 7) is 6.49. The van der Waals surface area contributed by atoms with Crippen LogP contribution in [-0.4, -0.2) is 55.0 Å². The molecule has 0 aliphatic carbocycles. The Labute approximate surface area is 192 Å². The van der Waals surface area contributed by atoms with Gasteiger partial charge in [0.05, 0.1) is 17.1 Å². The zero-order valence-electron chi connectivity index (χ0n) is 19.0. The van der Waals surface area contributed by atoms with Gasteiger partial charge < -0.3 is 19.7 Å². The summed E-state index contributed by atoms with van der Waals surface area (Å²) < 4.78 is 22.0. The van der Waals surface area contributed by atoms with Crippen LogP contribution < -0.4 is 14.4 Å². The monoisotopic (exact) mass is 450 g/mol. The van der Waals surface area contributed by atoms with Gasteiger partial charge in [-0.15, -0.1) is 0 Å². The summed E-state index contributed by atoms with van der Waals surface area (Å²) in [4.78, 5) is 20.8. The van der Waals surface area contributed by atoms with Crippen molar-refractivity contribution in [1.29, 1.82) is 0 Å². The van der Waals surface area contributed by atoms with Crippen molar-refractivity contribution in [2.24, 2.45) is 0 Å². The van der Waals surface area contributed by atoms with Gasteiger partial charge in [-0.05, 0) is 56.8 Å². The van der Waals surface area contributed by atoms with E-state index >= 15 is 4.39 Å². The lowest BCUT2D eigenvalue weighted by Crippen LogP contribution is -2.45. The van der Waals surface area contributed by atoms with E-state index in [0.717, 1.165) is 18.7 Å². The second-order valence-electron chi connectivity index (χ2n) is 8.47. The fraction of sp³-hybridized carbons (Fsp3) is 0.320. The van der Waals surface area contributed by atoms with Gasteiger partial charge in [0.15, 0.2) is 17.8 Å². The number of carbonyl (C=O) groups is 1. The van der Waals surface area contributed by atoms with Crippen LogP contribution in [0.1, 0.15) is 29.8 Å². The Balaban J connectivity index is 1.77. The maximum Gasteiger partial charge on any atom is 0.268 e. The fourth-order valence-electron chi connectivity index (χ4n) is 3.91. The molecule has 2 aromatic heterocycles. The number of halogens is 1. The van der Waals surface area contributed by atoms with Crippen molar-refractivity contribution in [3.63, 3.8) is 0 Å². The predicted octanol–water partition coefficient (Wildman–Crippen LogP) is 3.44. The van der Waals surface area contributed by atoms with Crippen molar-refractivity contribution in [2.45, 2.75) is 20.0 Å². The van der Waals surface area contributed by atoms with Gasteiger partial charge in [0, 0.05) is 38.6 Å². The SMILES string of the molecule is CC(C)Oc1c(N2CCN(C)CC2)c(F)cc2cc(C(=O)C=Cc3cccnc3)c[n+]([O-])c12. The topological polar surface area (TPSA) is 72.6 Å². The van der Waals surface area contributed by atoms with Crippen LogP contribution in [0.4, 0.5) is 10.1 Å². The van der Waals surface area contributed by atoms with Gasteiger partial charge in [-0.1, -0.05) is 6.07 Å². The summed E-state index contributed by atoms with van der Waals surface area (Å²) in [6.07, 6.45) is 7.23. The minimum absolute atomic E-state index is 0.167. The van der Waals surface area contributed by atoms with Crippen LogP contribution in [-0.2, 0) is 0 Å². The lowest BCUT2D eigenvalue weighted by molar-refractivity contribution is -0.577. The number of benzene rings is 1. The molecule has 1 saturated heterocycles. The molecule has 1 aromatic carbocycles. The number of anilines is 1. The number of piperazine rings is 1. The van der Waals surface area contributed by atoms with Crippen LogP contribution in [0.3, 0.4) is 0 Å². The smallest absolute Gasteiger partial charge is 0.268 e. The third-order valence-electron chi connectivity index (χ3n) is 5.57. The molecule has 7 nitrogen and oxygen atoms in total. The van der Waals surface area contributed by atoms with Crippen LogP contribution in [0.5, 0.6) is 5.75 Å². The molecule has 0 atom stereocenters. The zero-order valence-corrected chi connectivity index (χ0v) is 19.0. The van der Waals surface area contributed by atoms with E-state index in [2.05, 4.69) is 9.88 Å². The maximum atomic E-state index is 15.4. The van der Waals surface area contributed by atoms with E-state index < -0.39 is 5.82 Å². The molecule has 4 rings (SSSR count). The molecule has 0 bridgehead atoms. The number of fused-ring (bicyclic) bond motifs is 1. The number of hydrogen-bond acceptors (Lipinski definition) is 6. The highest BCUT2D eigenvalue weighted by atomic mass is 19.1. The standard InChI is InChI=1S/C25H27FN4O3/c1-17(2)33-25-23-19(14-21(26)24(25)29-11-9-28(3)10-12-29)13-20(16-30(23)32)22(31)7-6-18-5-4-8-27-15-18/h4-8,13-17H,9-12H2,1-3H3. The number of likely N-dealkylation sites (N-methyl/N-ethyl adjacent to an activating group) is 1. The van der Waals surface area contributed by atoms with E-state index in [4.69, 9.17) is 4.74 Å². The average Bonchev–Trinajstić information content (AvgIpc) is 2.78. The van der Waals surface area contributed by atoms with E-state index in [1.165, 1.54) is 24.4 Å². The minimum atomic E-state index is -0.474. The van der Waals surface area contributed by atoms with Gasteiger partial charge in [-0.2, -0.15) is 4.73 Å². The highest BCUT2D eigenvalue weighted by Crippen LogP contribution is 2.38. The molecule has 1 aliphatic rings. The van der Waals surface area contributed by atoms with E-state index in [-0.39, 0.29) is 28.7 Å². The quantitative estimate of drug-likeness (QED) is 0.248. The predicted molar refractivity (Wildman–Crippen MR) is 126 cm³/mol. The van der Waals surface area contributed by atoms with Crippen molar-refractivity contribution in [2.75, 3.05) is 38.1 Å². The molecule has 1 aliphatic heterocycles. The number of allylic oxidation sites excluding steroid dienone is 1. The van der Waals surface area contributed by atoms with Crippen molar-refractivity contribution in [3.8, 4) is 5.75 Å². The first-order chi connectivity index (χ1) is 15.8. The number of rotatable bonds is 6. The van der Waals surface area contributed by atoms with Crippen LogP contribution in [0.2, 0.25) is 0 Å². The van der Waals surface area contributed by atoms with E-state index in [1.54, 1.807) is 24.5 Å². The fourth-order valence-corrected chi connectivity index (χ4v) is 3.91. The zero-order chi connectivity index (χ0) is 23.5. The number of hydrogen-bond donors (Lipinski definition) is 0. The molecule has 33 heavy (non-hydrogen) atoms. The van der Waals surface area contributed by atoms with Gasteiger partial charge in [0.1, 0.15) is 5.69 Å². The van der Waals surface area contributed by atoms with Crippen LogP contribution in [0, 0.1) is 11.0 Å². The van der Waals surface area contributed by atoms with Gasteiger partial charge in [-0.3, -0.25) is 9.78 Å². The lowest BCUT2D eigenvalue weighted by Gasteiger charge is -2.35. The van der Waals surface area contributed by atoms with E-state index in [1.807, 2.05) is 31.9 Å². The third-order valence-corrected chi connectivity index (χ3v) is 5.57. The van der Waals surface area contributed by atoms with Crippen LogP contribution in [0.15, 0.2) is 48.9 Å². The first-order valence-corrected chi connectivity index (χ1v) is 11.0. The van der Waals surface area contributed by atoms with Gasteiger partial charge in [-0.25, -0.2) is 4.39 Å². The van der Waals surface area contributed by atoms with Gasteiger partial charge in [0.2, 0.25) is 5.75 Å². The molecule has 0 saturated carbocycles. The Morgan fingerprint density at radius 1 is 1.27 bits per heavy atom. The highest BCUT2D eigenvalue weighted by molar-refractivity contribution is 6.08. The van der Waals surface area contributed by atoms with E-state index in [9.17, 15) is 10.0 Å². The largest absolute Gasteiger partial charge is 0.618 e. The molecule has 3 heterocycles. The van der Waals surface area contributed by atoms with Gasteiger partial charge in [0.25, 0.3) is 5.52 Å². The molecule has 0 spiro atoms. The Kier molecular flexibility index (Phi) is 6.55. The second-order valence-corrected chi connectivity index (χ2v) is 8.47. The first-order valence-electron chi connectivity index (χ1n) is 11.0. The molecule has 0 N–H and O–H groups in total. The normalized spacial score (nSPS) is 15.0. The minimum Gasteiger partial charge on any atom is -0.618 e. The molecule has 0 radical (unpaired) electrons. The van der Waals surface area contributed by atoms with Crippen LogP contribution in [0.25, 0.3) is 17.0 Å². The summed E-state index contributed by atoms with van der Waals surface area (Å²) in [7, 11) is 2.02. The highest BCUT2D eigenvalue weighted by Gasteiger charge is 2.28. The summed E-state index contributed by atoms with van der Waals surface area (Å²) in [5.41, 5.74) is 1.44. The number of ketones is 1. The van der Waals surface area contributed by atoms with Gasteiger partial charge >= 0.3 is 0 Å². The Bertz CT molecular complexity index is 1190. The molecule has 172 valence electrons. The number of ether oxygens (including phenoxy) is 1. The number of carbonyl (C=O) groups excluding carboxylic acids is 1. The van der Waals surface area contributed by atoms with Crippen molar-refractivity contribution in [3.05, 3.63) is 71.1 Å². The Morgan fingerprint density at radius 3 is 2.70 bits per heavy atom. The summed E-state index contributed by atoms with van der Waals surface area (Å²) >= 11 is 0. The molecule has 1 fully saturated rings. The van der Waals surface area contributed by atoms with Crippen molar-refractivity contribution < 1.29 is 18.7 Å². The molecular formula is C25H27FN4O3. The van der Waals surface area contributed by atoms with Crippen LogP contribution >= 0.6 is 0 Å². The first kappa shape index (κ1) is 22.7. The van der Waals surface area contributed by atoms with Crippen molar-refractivity contribution >= 4 is 28.4 Å². The number of pyridine rings is 2. The second kappa shape index (κ2) is 9.54. The summed E-state index contributed by atoms with van der Waals surface area (Å²) in [6, 6.07) is 6.42. The van der Waals surface area contributed by atoms with E-state index in [0.29, 0.717) is 28.9 Å². The molecule has 8 heteroatoms. The summed E-state index contributed by atoms with van der Waals surface area (Å²) in [5, 5.41) is 13.4. The molecule has 3 aromatic rings. The lowest BCUT2D eigenvalue weighted by atomic mass is 10.1. The van der Waals surface area contributed by atoms with Crippen molar-refractivity contribution in [1.82, 2.24) is 9.88 Å². The third kappa shape index (κ3) is 4.96. The average molecular weight is 451 g/mol. The molecular weight excluding hydrogens is 423 g/mol. The molecule has 0 amide bonds. The Morgan fingerprint density at radius 2 is 2.03 bits per heavy atom. The maximum absolute atomic E-state index is 15.4. The summed E-state index contributed by atoms with van der Waals surface area (Å²) in [5.74, 6) is -0.622. The number of nitrogens with zero attached hydrogens (tertiary/aromatic N) is 4. The Hall–Kier alpha value is -3.52.